The van der Waals surface area contributed by atoms with Gasteiger partial charge < -0.3 is 5.32 Å². The van der Waals surface area contributed by atoms with E-state index in [1.807, 2.05) is 13.0 Å². The summed E-state index contributed by atoms with van der Waals surface area (Å²) in [7, 11) is -3.73. The standard InChI is InChI=1S/C18H19N3O4S/c1-12-3-2-4-14(9-12)21-17(22)10-16(18(21)23)20-11-13-5-7-15(8-6-13)26(19,24)25/h2-9,16,20H,10-11H2,1H3,(H2,19,24,25)/t16-/m0/s1. The summed E-state index contributed by atoms with van der Waals surface area (Å²) in [6.45, 7) is 2.23. The molecule has 0 saturated carbocycles. The Bertz CT molecular complexity index is 955. The van der Waals surface area contributed by atoms with Gasteiger partial charge in [-0.05, 0) is 42.3 Å². The lowest BCUT2D eigenvalue weighted by Gasteiger charge is -2.16. The Labute approximate surface area is 151 Å². The molecule has 2 aromatic carbocycles. The van der Waals surface area contributed by atoms with Crippen molar-refractivity contribution in [2.75, 3.05) is 4.90 Å². The zero-order valence-electron chi connectivity index (χ0n) is 14.2. The fraction of sp³-hybridized carbons (Fsp3) is 0.222. The fourth-order valence-corrected chi connectivity index (χ4v) is 3.38. The van der Waals surface area contributed by atoms with E-state index in [4.69, 9.17) is 5.14 Å². The molecule has 0 bridgehead atoms. The minimum absolute atomic E-state index is 0.0268. The van der Waals surface area contributed by atoms with Crippen molar-refractivity contribution in [2.45, 2.75) is 30.8 Å². The van der Waals surface area contributed by atoms with Crippen LogP contribution in [-0.2, 0) is 26.2 Å². The van der Waals surface area contributed by atoms with E-state index in [1.54, 1.807) is 30.3 Å². The summed E-state index contributed by atoms with van der Waals surface area (Å²) in [5, 5.41) is 8.12. The van der Waals surface area contributed by atoms with Gasteiger partial charge in [0.2, 0.25) is 15.9 Å². The van der Waals surface area contributed by atoms with Crippen molar-refractivity contribution in [3.05, 3.63) is 59.7 Å². The number of hydrogen-bond acceptors (Lipinski definition) is 5. The van der Waals surface area contributed by atoms with Crippen LogP contribution in [0, 0.1) is 6.92 Å². The Hall–Kier alpha value is -2.55. The van der Waals surface area contributed by atoms with Crippen molar-refractivity contribution in [1.29, 1.82) is 0 Å². The first kappa shape index (κ1) is 18.2. The van der Waals surface area contributed by atoms with Gasteiger partial charge in [-0.3, -0.25) is 9.59 Å². The van der Waals surface area contributed by atoms with Crippen LogP contribution in [0.2, 0.25) is 0 Å². The number of benzene rings is 2. The first-order valence-electron chi connectivity index (χ1n) is 8.04. The van der Waals surface area contributed by atoms with Gasteiger partial charge in [-0.15, -0.1) is 0 Å². The number of imide groups is 1. The van der Waals surface area contributed by atoms with Crippen LogP contribution >= 0.6 is 0 Å². The number of sulfonamides is 1. The molecule has 0 spiro atoms. The van der Waals surface area contributed by atoms with Crippen molar-refractivity contribution in [3.8, 4) is 0 Å². The van der Waals surface area contributed by atoms with Crippen molar-refractivity contribution < 1.29 is 18.0 Å². The maximum absolute atomic E-state index is 12.6. The molecule has 1 heterocycles. The minimum Gasteiger partial charge on any atom is -0.301 e. The van der Waals surface area contributed by atoms with Crippen LogP contribution < -0.4 is 15.4 Å². The second kappa shape index (κ2) is 6.99. The van der Waals surface area contributed by atoms with Gasteiger partial charge in [-0.1, -0.05) is 24.3 Å². The van der Waals surface area contributed by atoms with E-state index in [0.717, 1.165) is 11.1 Å². The van der Waals surface area contributed by atoms with E-state index < -0.39 is 16.1 Å². The Balaban J connectivity index is 1.68. The van der Waals surface area contributed by atoms with Gasteiger partial charge in [0, 0.05) is 6.54 Å². The van der Waals surface area contributed by atoms with Crippen LogP contribution in [0.1, 0.15) is 17.5 Å². The smallest absolute Gasteiger partial charge is 0.251 e. The molecule has 0 radical (unpaired) electrons. The van der Waals surface area contributed by atoms with Gasteiger partial charge >= 0.3 is 0 Å². The Morgan fingerprint density at radius 3 is 2.46 bits per heavy atom. The SMILES string of the molecule is Cc1cccc(N2C(=O)C[C@H](NCc3ccc(S(N)(=O)=O)cc3)C2=O)c1. The topological polar surface area (TPSA) is 110 Å². The monoisotopic (exact) mass is 373 g/mol. The van der Waals surface area contributed by atoms with Crippen LogP contribution in [0.15, 0.2) is 53.4 Å². The van der Waals surface area contributed by atoms with Gasteiger partial charge in [-0.2, -0.15) is 0 Å². The van der Waals surface area contributed by atoms with Crippen LogP contribution in [0.3, 0.4) is 0 Å². The number of nitrogens with one attached hydrogen (secondary N) is 1. The number of primary sulfonamides is 1. The number of amides is 2. The lowest BCUT2D eigenvalue weighted by Crippen LogP contribution is -2.38. The molecule has 136 valence electrons. The summed E-state index contributed by atoms with van der Waals surface area (Å²) in [6.07, 6.45) is 0.0854. The molecule has 3 N–H and O–H groups in total. The predicted octanol–water partition coefficient (Wildman–Crippen LogP) is 1.06. The third-order valence-electron chi connectivity index (χ3n) is 4.21. The fourth-order valence-electron chi connectivity index (χ4n) is 2.87. The maximum Gasteiger partial charge on any atom is 0.251 e. The number of nitrogens with two attached hydrogens (primary N) is 1. The van der Waals surface area contributed by atoms with E-state index in [-0.39, 0.29) is 23.1 Å². The summed E-state index contributed by atoms with van der Waals surface area (Å²) >= 11 is 0. The number of hydrogen-bond donors (Lipinski definition) is 2. The van der Waals surface area contributed by atoms with Crippen LogP contribution in [0.4, 0.5) is 5.69 Å². The molecule has 8 heteroatoms. The molecule has 3 rings (SSSR count). The highest BCUT2D eigenvalue weighted by Crippen LogP contribution is 2.24. The first-order valence-corrected chi connectivity index (χ1v) is 9.59. The molecule has 0 aliphatic carbocycles. The van der Waals surface area contributed by atoms with Gasteiger partial charge in [0.25, 0.3) is 5.91 Å². The highest BCUT2D eigenvalue weighted by atomic mass is 32.2. The van der Waals surface area contributed by atoms with E-state index in [9.17, 15) is 18.0 Å². The second-order valence-electron chi connectivity index (χ2n) is 6.23. The number of carbonyl (C=O) groups excluding carboxylic acids is 2. The highest BCUT2D eigenvalue weighted by Gasteiger charge is 2.39. The summed E-state index contributed by atoms with van der Waals surface area (Å²) in [4.78, 5) is 26.1. The molecule has 1 fully saturated rings. The maximum atomic E-state index is 12.6. The average molecular weight is 373 g/mol. The largest absolute Gasteiger partial charge is 0.301 e. The molecule has 26 heavy (non-hydrogen) atoms. The predicted molar refractivity (Wildman–Crippen MR) is 96.7 cm³/mol. The lowest BCUT2D eigenvalue weighted by atomic mass is 10.2. The molecule has 0 unspecified atom stereocenters. The van der Waals surface area contributed by atoms with E-state index >= 15 is 0 Å². The number of aryl methyl sites for hydroxylation is 1. The van der Waals surface area contributed by atoms with E-state index in [2.05, 4.69) is 5.32 Å². The summed E-state index contributed by atoms with van der Waals surface area (Å²) in [6, 6.07) is 12.7. The van der Waals surface area contributed by atoms with Gasteiger partial charge in [-0.25, -0.2) is 18.5 Å². The van der Waals surface area contributed by atoms with Crippen molar-refractivity contribution in [1.82, 2.24) is 5.32 Å². The third-order valence-corrected chi connectivity index (χ3v) is 5.14. The van der Waals surface area contributed by atoms with Gasteiger partial charge in [0.05, 0.1) is 23.0 Å². The number of carbonyl (C=O) groups is 2. The molecule has 1 atom stereocenters. The molecule has 2 amide bonds. The molecular formula is C18H19N3O4S. The molecule has 2 aromatic rings. The average Bonchev–Trinajstić information content (AvgIpc) is 2.86. The van der Waals surface area contributed by atoms with Crippen molar-refractivity contribution in [2.24, 2.45) is 5.14 Å². The Kier molecular flexibility index (Phi) is 4.90. The number of anilines is 1. The first-order chi connectivity index (χ1) is 12.3. The second-order valence-corrected chi connectivity index (χ2v) is 7.79. The Morgan fingerprint density at radius 1 is 1.15 bits per heavy atom. The Morgan fingerprint density at radius 2 is 1.85 bits per heavy atom. The quantitative estimate of drug-likeness (QED) is 0.762. The van der Waals surface area contributed by atoms with Gasteiger partial charge in [0.15, 0.2) is 0 Å². The molecule has 1 aliphatic heterocycles. The molecule has 1 saturated heterocycles. The van der Waals surface area contributed by atoms with Crippen molar-refractivity contribution in [3.63, 3.8) is 0 Å². The highest BCUT2D eigenvalue weighted by molar-refractivity contribution is 7.89. The summed E-state index contributed by atoms with van der Waals surface area (Å²) in [5.41, 5.74) is 2.32. The van der Waals surface area contributed by atoms with Crippen LogP contribution in [0.5, 0.6) is 0 Å². The van der Waals surface area contributed by atoms with Crippen LogP contribution in [0.25, 0.3) is 0 Å². The lowest BCUT2D eigenvalue weighted by molar-refractivity contribution is -0.121. The zero-order valence-corrected chi connectivity index (χ0v) is 15.0. The minimum atomic E-state index is -3.73. The molecule has 1 aliphatic rings. The van der Waals surface area contributed by atoms with E-state index in [0.29, 0.717) is 12.2 Å². The van der Waals surface area contributed by atoms with Gasteiger partial charge in [0.1, 0.15) is 0 Å². The molecule has 0 aromatic heterocycles. The number of rotatable bonds is 5. The van der Waals surface area contributed by atoms with E-state index in [1.165, 1.54) is 17.0 Å². The zero-order chi connectivity index (χ0) is 18.9. The van der Waals surface area contributed by atoms with Crippen LogP contribution in [-0.4, -0.2) is 26.3 Å². The third kappa shape index (κ3) is 3.82. The van der Waals surface area contributed by atoms with Crippen molar-refractivity contribution >= 4 is 27.5 Å². The molecular weight excluding hydrogens is 354 g/mol. The summed E-state index contributed by atoms with van der Waals surface area (Å²) in [5.74, 6) is -0.538. The molecule has 7 nitrogen and oxygen atoms in total. The number of nitrogens with zero attached hydrogens (tertiary/aromatic N) is 1. The summed E-state index contributed by atoms with van der Waals surface area (Å²) < 4.78 is 22.5. The normalized spacial score (nSPS) is 17.8.